The van der Waals surface area contributed by atoms with E-state index in [-0.39, 0.29) is 5.75 Å². The summed E-state index contributed by atoms with van der Waals surface area (Å²) < 4.78 is 12.2. The van der Waals surface area contributed by atoms with Crippen molar-refractivity contribution in [3.63, 3.8) is 0 Å². The lowest BCUT2D eigenvalue weighted by atomic mass is 10.0. The first-order valence-electron chi connectivity index (χ1n) is 6.43. The molecule has 0 unspecified atom stereocenters. The molecule has 2 aromatic carbocycles. The zero-order chi connectivity index (χ0) is 15.4. The van der Waals surface area contributed by atoms with Gasteiger partial charge in [-0.2, -0.15) is 0 Å². The van der Waals surface area contributed by atoms with Crippen LogP contribution in [0.4, 0.5) is 0 Å². The Labute approximate surface area is 141 Å². The van der Waals surface area contributed by atoms with Gasteiger partial charge in [0.15, 0.2) is 0 Å². The minimum atomic E-state index is 0.216. The Balaban J connectivity index is 2.24. The molecular weight excluding hydrogens is 400 g/mol. The zero-order valence-corrected chi connectivity index (χ0v) is 15.0. The van der Waals surface area contributed by atoms with Crippen molar-refractivity contribution in [3.8, 4) is 17.2 Å². The van der Waals surface area contributed by atoms with Gasteiger partial charge in [0.1, 0.15) is 17.2 Å². The lowest BCUT2D eigenvalue weighted by molar-refractivity contribution is 0.385. The standard InChI is InChI=1S/C16H16Br2O3/c1-20-14-4-3-5-15(21-2)11(14)7-6-10-8-12(17)16(19)13(18)9-10/h3-5,8-9,19H,6-7H2,1-2H3. The van der Waals surface area contributed by atoms with Crippen molar-refractivity contribution in [2.24, 2.45) is 0 Å². The van der Waals surface area contributed by atoms with Gasteiger partial charge in [0.25, 0.3) is 0 Å². The Hall–Kier alpha value is -1.20. The summed E-state index contributed by atoms with van der Waals surface area (Å²) in [5.41, 5.74) is 2.15. The van der Waals surface area contributed by atoms with E-state index in [1.165, 1.54) is 0 Å². The van der Waals surface area contributed by atoms with Gasteiger partial charge in [0.2, 0.25) is 0 Å². The molecule has 5 heteroatoms. The predicted molar refractivity (Wildman–Crippen MR) is 90.5 cm³/mol. The summed E-state index contributed by atoms with van der Waals surface area (Å²) in [7, 11) is 3.32. The second-order valence-electron chi connectivity index (χ2n) is 4.55. The first-order chi connectivity index (χ1) is 10.1. The molecule has 1 N–H and O–H groups in total. The smallest absolute Gasteiger partial charge is 0.143 e. The van der Waals surface area contributed by atoms with Crippen LogP contribution in [-0.2, 0) is 12.8 Å². The van der Waals surface area contributed by atoms with Gasteiger partial charge in [-0.1, -0.05) is 6.07 Å². The second kappa shape index (κ2) is 7.18. The lowest BCUT2D eigenvalue weighted by Crippen LogP contribution is -1.99. The van der Waals surface area contributed by atoms with Crippen molar-refractivity contribution in [1.82, 2.24) is 0 Å². The minimum absolute atomic E-state index is 0.216. The summed E-state index contributed by atoms with van der Waals surface area (Å²) in [5.74, 6) is 1.87. The second-order valence-corrected chi connectivity index (χ2v) is 6.26. The summed E-state index contributed by atoms with van der Waals surface area (Å²) in [4.78, 5) is 0. The van der Waals surface area contributed by atoms with Gasteiger partial charge in [-0.05, 0) is 74.5 Å². The lowest BCUT2D eigenvalue weighted by Gasteiger charge is -2.13. The van der Waals surface area contributed by atoms with Gasteiger partial charge in [-0.3, -0.25) is 0 Å². The topological polar surface area (TPSA) is 38.7 Å². The van der Waals surface area contributed by atoms with Crippen LogP contribution in [0.5, 0.6) is 17.2 Å². The van der Waals surface area contributed by atoms with E-state index in [9.17, 15) is 5.11 Å². The predicted octanol–water partition coefficient (Wildman–Crippen LogP) is 4.72. The van der Waals surface area contributed by atoms with Gasteiger partial charge in [0.05, 0.1) is 23.2 Å². The van der Waals surface area contributed by atoms with Crippen molar-refractivity contribution < 1.29 is 14.6 Å². The number of methoxy groups -OCH3 is 2. The van der Waals surface area contributed by atoms with Crippen molar-refractivity contribution in [1.29, 1.82) is 0 Å². The van der Waals surface area contributed by atoms with E-state index in [0.29, 0.717) is 8.95 Å². The molecule has 21 heavy (non-hydrogen) atoms. The first kappa shape index (κ1) is 16.2. The van der Waals surface area contributed by atoms with Crippen LogP contribution in [0.1, 0.15) is 11.1 Å². The van der Waals surface area contributed by atoms with Crippen LogP contribution in [0.25, 0.3) is 0 Å². The maximum atomic E-state index is 9.75. The quantitative estimate of drug-likeness (QED) is 0.767. The number of phenolic OH excluding ortho intramolecular Hbond substituents is 1. The molecule has 2 aromatic rings. The average Bonchev–Trinajstić information content (AvgIpc) is 2.49. The van der Waals surface area contributed by atoms with E-state index in [2.05, 4.69) is 31.9 Å². The third-order valence-electron chi connectivity index (χ3n) is 3.27. The Morgan fingerprint density at radius 3 is 1.95 bits per heavy atom. The molecule has 3 nitrogen and oxygen atoms in total. The van der Waals surface area contributed by atoms with E-state index in [1.54, 1.807) is 14.2 Å². The van der Waals surface area contributed by atoms with E-state index in [0.717, 1.165) is 35.5 Å². The summed E-state index contributed by atoms with van der Waals surface area (Å²) in [5, 5.41) is 9.75. The van der Waals surface area contributed by atoms with Crippen molar-refractivity contribution >= 4 is 31.9 Å². The number of aromatic hydroxyl groups is 1. The summed E-state index contributed by atoms with van der Waals surface area (Å²) in [6, 6.07) is 9.61. The average molecular weight is 416 g/mol. The molecule has 0 heterocycles. The van der Waals surface area contributed by atoms with E-state index < -0.39 is 0 Å². The maximum Gasteiger partial charge on any atom is 0.143 e. The summed E-state index contributed by atoms with van der Waals surface area (Å²) >= 11 is 6.70. The molecule has 0 saturated carbocycles. The number of rotatable bonds is 5. The molecule has 0 saturated heterocycles. The van der Waals surface area contributed by atoms with Crippen LogP contribution in [0.2, 0.25) is 0 Å². The number of halogens is 2. The van der Waals surface area contributed by atoms with E-state index >= 15 is 0 Å². The van der Waals surface area contributed by atoms with Crippen LogP contribution in [0, 0.1) is 0 Å². The van der Waals surface area contributed by atoms with Gasteiger partial charge in [-0.25, -0.2) is 0 Å². The highest BCUT2D eigenvalue weighted by Gasteiger charge is 2.11. The van der Waals surface area contributed by atoms with Gasteiger partial charge < -0.3 is 14.6 Å². The molecule has 2 rings (SSSR count). The Morgan fingerprint density at radius 1 is 0.952 bits per heavy atom. The molecule has 0 atom stereocenters. The molecule has 0 aliphatic carbocycles. The number of phenols is 1. The SMILES string of the molecule is COc1cccc(OC)c1CCc1cc(Br)c(O)c(Br)c1. The van der Waals surface area contributed by atoms with Gasteiger partial charge in [-0.15, -0.1) is 0 Å². The molecular formula is C16H16Br2O3. The number of ether oxygens (including phenoxy) is 2. The molecule has 0 aromatic heterocycles. The highest BCUT2D eigenvalue weighted by Crippen LogP contribution is 2.35. The summed E-state index contributed by atoms with van der Waals surface area (Å²) in [6.45, 7) is 0. The highest BCUT2D eigenvalue weighted by molar-refractivity contribution is 9.11. The molecule has 0 fully saturated rings. The number of hydrogen-bond donors (Lipinski definition) is 1. The fourth-order valence-electron chi connectivity index (χ4n) is 2.21. The maximum absolute atomic E-state index is 9.75. The van der Waals surface area contributed by atoms with Gasteiger partial charge in [0, 0.05) is 5.56 Å². The van der Waals surface area contributed by atoms with E-state index in [1.807, 2.05) is 30.3 Å². The monoisotopic (exact) mass is 414 g/mol. The third-order valence-corrected chi connectivity index (χ3v) is 4.48. The van der Waals surface area contributed by atoms with Crippen LogP contribution in [0.3, 0.4) is 0 Å². The fraction of sp³-hybridized carbons (Fsp3) is 0.250. The first-order valence-corrected chi connectivity index (χ1v) is 8.02. The molecule has 0 bridgehead atoms. The molecule has 0 aliphatic heterocycles. The van der Waals surface area contributed by atoms with Crippen molar-refractivity contribution in [2.45, 2.75) is 12.8 Å². The largest absolute Gasteiger partial charge is 0.506 e. The van der Waals surface area contributed by atoms with Crippen LogP contribution in [-0.4, -0.2) is 19.3 Å². The molecule has 0 aliphatic rings. The summed E-state index contributed by atoms with van der Waals surface area (Å²) in [6.07, 6.45) is 1.60. The normalized spacial score (nSPS) is 10.5. The number of hydrogen-bond acceptors (Lipinski definition) is 3. The van der Waals surface area contributed by atoms with Gasteiger partial charge >= 0.3 is 0 Å². The number of benzene rings is 2. The number of aryl methyl sites for hydroxylation is 1. The fourth-order valence-corrected chi connectivity index (χ4v) is 3.49. The third kappa shape index (κ3) is 3.71. The zero-order valence-electron chi connectivity index (χ0n) is 11.8. The Bertz CT molecular complexity index is 596. The Kier molecular flexibility index (Phi) is 5.53. The molecule has 0 spiro atoms. The van der Waals surface area contributed by atoms with Crippen LogP contribution >= 0.6 is 31.9 Å². The molecule has 0 radical (unpaired) electrons. The minimum Gasteiger partial charge on any atom is -0.506 e. The molecule has 0 amide bonds. The van der Waals surface area contributed by atoms with Crippen molar-refractivity contribution in [3.05, 3.63) is 50.4 Å². The van der Waals surface area contributed by atoms with E-state index in [4.69, 9.17) is 9.47 Å². The van der Waals surface area contributed by atoms with Crippen LogP contribution in [0.15, 0.2) is 39.3 Å². The van der Waals surface area contributed by atoms with Crippen LogP contribution < -0.4 is 9.47 Å². The molecule has 112 valence electrons. The Morgan fingerprint density at radius 2 is 1.48 bits per heavy atom. The van der Waals surface area contributed by atoms with Crippen molar-refractivity contribution in [2.75, 3.05) is 14.2 Å². The highest BCUT2D eigenvalue weighted by atomic mass is 79.9.